The number of pyridine rings is 1. The lowest BCUT2D eigenvalue weighted by molar-refractivity contribution is -0.0785. The highest BCUT2D eigenvalue weighted by atomic mass is 32.2. The zero-order valence-corrected chi connectivity index (χ0v) is 12.6. The van der Waals surface area contributed by atoms with Crippen molar-refractivity contribution in [1.82, 2.24) is 4.98 Å². The lowest BCUT2D eigenvalue weighted by atomic mass is 10.1. The summed E-state index contributed by atoms with van der Waals surface area (Å²) in [5, 5.41) is 31.3. The van der Waals surface area contributed by atoms with Gasteiger partial charge in [-0.15, -0.1) is 23.1 Å². The van der Waals surface area contributed by atoms with Crippen LogP contribution in [0.1, 0.15) is 0 Å². The summed E-state index contributed by atoms with van der Waals surface area (Å²) in [4.78, 5) is 5.30. The molecule has 1 saturated heterocycles. The molecule has 0 saturated carbocycles. The molecule has 21 heavy (non-hydrogen) atoms. The van der Waals surface area contributed by atoms with E-state index in [2.05, 4.69) is 4.98 Å². The molecule has 0 spiro atoms. The van der Waals surface area contributed by atoms with Gasteiger partial charge in [-0.2, -0.15) is 0 Å². The van der Waals surface area contributed by atoms with Crippen molar-refractivity contribution in [2.75, 3.05) is 5.75 Å². The Balaban J connectivity index is 1.83. The number of aliphatic hydroxyl groups is 3. The first kappa shape index (κ1) is 14.8. The van der Waals surface area contributed by atoms with Crippen molar-refractivity contribution >= 4 is 23.1 Å². The van der Waals surface area contributed by atoms with Crippen LogP contribution < -0.4 is 4.74 Å². The highest BCUT2D eigenvalue weighted by molar-refractivity contribution is 7.99. The van der Waals surface area contributed by atoms with E-state index >= 15 is 0 Å². The van der Waals surface area contributed by atoms with E-state index in [0.29, 0.717) is 17.2 Å². The topological polar surface area (TPSA) is 82.8 Å². The highest BCUT2D eigenvalue weighted by Gasteiger charge is 2.38. The smallest absolute Gasteiger partial charge is 0.173 e. The lowest BCUT2D eigenvalue weighted by Crippen LogP contribution is -2.50. The van der Waals surface area contributed by atoms with Crippen LogP contribution in [-0.4, -0.2) is 49.8 Å². The zero-order valence-electron chi connectivity index (χ0n) is 11.0. The van der Waals surface area contributed by atoms with Crippen LogP contribution in [-0.2, 0) is 0 Å². The Morgan fingerprint density at radius 2 is 2.00 bits per heavy atom. The molecule has 1 aliphatic rings. The van der Waals surface area contributed by atoms with Gasteiger partial charge in [0.25, 0.3) is 0 Å². The van der Waals surface area contributed by atoms with Crippen molar-refractivity contribution in [3.05, 3.63) is 35.8 Å². The van der Waals surface area contributed by atoms with Gasteiger partial charge in [-0.1, -0.05) is 6.07 Å². The lowest BCUT2D eigenvalue weighted by Gasteiger charge is -2.34. The van der Waals surface area contributed by atoms with Gasteiger partial charge in [0.05, 0.1) is 11.0 Å². The van der Waals surface area contributed by atoms with Gasteiger partial charge in [0.1, 0.15) is 23.7 Å². The van der Waals surface area contributed by atoms with E-state index < -0.39 is 23.7 Å². The quantitative estimate of drug-likeness (QED) is 0.790. The molecule has 2 aromatic heterocycles. The largest absolute Gasteiger partial charge is 0.475 e. The SMILES string of the molecule is O[C@@H]1[C@@H](O)[C@H](Oc2cccnc2-c2cccs2)SC[C@H]1O. The molecule has 0 amide bonds. The van der Waals surface area contributed by atoms with Gasteiger partial charge >= 0.3 is 0 Å². The van der Waals surface area contributed by atoms with Crippen LogP contribution in [0.2, 0.25) is 0 Å². The van der Waals surface area contributed by atoms with Crippen molar-refractivity contribution in [1.29, 1.82) is 0 Å². The number of aliphatic hydroxyl groups excluding tert-OH is 3. The molecule has 3 heterocycles. The molecule has 0 aromatic carbocycles. The summed E-state index contributed by atoms with van der Waals surface area (Å²) in [5.74, 6) is 0.873. The van der Waals surface area contributed by atoms with E-state index in [4.69, 9.17) is 4.74 Å². The van der Waals surface area contributed by atoms with Gasteiger partial charge in [-0.05, 0) is 23.6 Å². The average Bonchev–Trinajstić information content (AvgIpc) is 3.02. The molecule has 112 valence electrons. The summed E-state index contributed by atoms with van der Waals surface area (Å²) in [5.41, 5.74) is 0.0761. The summed E-state index contributed by atoms with van der Waals surface area (Å²) < 4.78 is 5.83. The number of ether oxygens (including phenoxy) is 1. The van der Waals surface area contributed by atoms with E-state index in [1.165, 1.54) is 11.8 Å². The summed E-state index contributed by atoms with van der Waals surface area (Å²) >= 11 is 2.83. The van der Waals surface area contributed by atoms with Crippen LogP contribution in [0.4, 0.5) is 0 Å². The third-order valence-corrected chi connectivity index (χ3v) is 5.34. The Morgan fingerprint density at radius 1 is 1.14 bits per heavy atom. The monoisotopic (exact) mass is 325 g/mol. The van der Waals surface area contributed by atoms with Crippen LogP contribution in [0.15, 0.2) is 35.8 Å². The minimum absolute atomic E-state index is 0.317. The molecule has 5 nitrogen and oxygen atoms in total. The van der Waals surface area contributed by atoms with Crippen molar-refractivity contribution in [3.63, 3.8) is 0 Å². The third-order valence-electron chi connectivity index (χ3n) is 3.22. The molecule has 4 atom stereocenters. The van der Waals surface area contributed by atoms with Crippen LogP contribution >= 0.6 is 23.1 Å². The van der Waals surface area contributed by atoms with Crippen LogP contribution in [0.3, 0.4) is 0 Å². The van der Waals surface area contributed by atoms with Gasteiger partial charge in [0.2, 0.25) is 0 Å². The molecular formula is C14H15NO4S2. The molecule has 0 aliphatic carbocycles. The first-order valence-corrected chi connectivity index (χ1v) is 8.41. The molecule has 3 N–H and O–H groups in total. The molecule has 7 heteroatoms. The molecule has 3 rings (SSSR count). The van der Waals surface area contributed by atoms with E-state index in [1.54, 1.807) is 29.7 Å². The number of hydrogen-bond donors (Lipinski definition) is 3. The van der Waals surface area contributed by atoms with Gasteiger partial charge in [0, 0.05) is 11.9 Å². The maximum Gasteiger partial charge on any atom is 0.173 e. The summed E-state index contributed by atoms with van der Waals surface area (Å²) in [7, 11) is 0. The predicted molar refractivity (Wildman–Crippen MR) is 82.4 cm³/mol. The maximum absolute atomic E-state index is 10.0. The van der Waals surface area contributed by atoms with Gasteiger partial charge in [-0.25, -0.2) is 0 Å². The molecule has 1 aliphatic heterocycles. The number of thioether (sulfide) groups is 1. The van der Waals surface area contributed by atoms with E-state index in [9.17, 15) is 15.3 Å². The fourth-order valence-corrected chi connectivity index (χ4v) is 3.93. The van der Waals surface area contributed by atoms with E-state index in [0.717, 1.165) is 4.88 Å². The van der Waals surface area contributed by atoms with E-state index in [-0.39, 0.29) is 0 Å². The maximum atomic E-state index is 10.0. The first-order valence-electron chi connectivity index (χ1n) is 6.48. The minimum Gasteiger partial charge on any atom is -0.475 e. The second-order valence-electron chi connectivity index (χ2n) is 4.70. The minimum atomic E-state index is -1.20. The van der Waals surface area contributed by atoms with Crippen LogP contribution in [0.25, 0.3) is 10.6 Å². The molecule has 0 unspecified atom stereocenters. The number of aromatic nitrogens is 1. The number of rotatable bonds is 3. The van der Waals surface area contributed by atoms with Crippen LogP contribution in [0.5, 0.6) is 5.75 Å². The number of thiophene rings is 1. The standard InChI is InChI=1S/C14H15NO4S2/c16-8-7-21-14(13(18)12(8)17)19-9-3-1-5-15-11(9)10-4-2-6-20-10/h1-6,8,12-14,16-18H,7H2/t8-,12+,13-,14-/m1/s1. The second-order valence-corrected chi connectivity index (χ2v) is 6.77. The molecule has 0 bridgehead atoms. The van der Waals surface area contributed by atoms with Crippen molar-refractivity contribution < 1.29 is 20.1 Å². The highest BCUT2D eigenvalue weighted by Crippen LogP contribution is 2.35. The molecule has 1 fully saturated rings. The Morgan fingerprint density at radius 3 is 2.76 bits per heavy atom. The molecule has 0 radical (unpaired) electrons. The van der Waals surface area contributed by atoms with E-state index in [1.807, 2.05) is 17.5 Å². The van der Waals surface area contributed by atoms with Gasteiger partial charge in [-0.3, -0.25) is 4.98 Å². The van der Waals surface area contributed by atoms with Crippen molar-refractivity contribution in [2.45, 2.75) is 23.7 Å². The Bertz CT molecular complexity index is 592. The van der Waals surface area contributed by atoms with Crippen molar-refractivity contribution in [2.24, 2.45) is 0 Å². The summed E-state index contributed by atoms with van der Waals surface area (Å²) in [6, 6.07) is 7.43. The van der Waals surface area contributed by atoms with Crippen LogP contribution in [0, 0.1) is 0 Å². The third kappa shape index (κ3) is 3.07. The predicted octanol–water partition coefficient (Wildman–Crippen LogP) is 1.34. The fraction of sp³-hybridized carbons (Fsp3) is 0.357. The zero-order chi connectivity index (χ0) is 14.8. The normalized spacial score (nSPS) is 29.3. The Hall–Kier alpha value is -1.12. The first-order chi connectivity index (χ1) is 10.2. The Kier molecular flexibility index (Phi) is 4.46. The van der Waals surface area contributed by atoms with Crippen molar-refractivity contribution in [3.8, 4) is 16.3 Å². The number of hydrogen-bond acceptors (Lipinski definition) is 7. The van der Waals surface area contributed by atoms with Gasteiger partial charge in [0.15, 0.2) is 5.44 Å². The molecular weight excluding hydrogens is 310 g/mol. The fourth-order valence-electron chi connectivity index (χ4n) is 2.09. The summed E-state index contributed by atoms with van der Waals surface area (Å²) in [6.45, 7) is 0. The number of nitrogens with zero attached hydrogens (tertiary/aromatic N) is 1. The summed E-state index contributed by atoms with van der Waals surface area (Å²) in [6.07, 6.45) is -1.59. The second kappa shape index (κ2) is 6.33. The van der Waals surface area contributed by atoms with Gasteiger partial charge < -0.3 is 20.1 Å². The molecule has 2 aromatic rings. The average molecular weight is 325 g/mol. The Labute approximate surface area is 130 Å².